The van der Waals surface area contributed by atoms with E-state index < -0.39 is 5.97 Å². The number of nitrogens with zero attached hydrogens (tertiary/aromatic N) is 1. The molecule has 3 rings (SSSR count). The van der Waals surface area contributed by atoms with Crippen molar-refractivity contribution in [3.63, 3.8) is 0 Å². The maximum absolute atomic E-state index is 12.7. The number of hydrogen-bond donors (Lipinski definition) is 1. The Labute approximate surface area is 152 Å². The number of nitrogens with one attached hydrogen (secondary N) is 1. The summed E-state index contributed by atoms with van der Waals surface area (Å²) in [6.45, 7) is 3.36. The predicted octanol–water partition coefficient (Wildman–Crippen LogP) is 3.58. The average molecular weight is 348 g/mol. The zero-order chi connectivity index (χ0) is 18.5. The Balaban J connectivity index is 1.93. The molecule has 0 bridgehead atoms. The van der Waals surface area contributed by atoms with Crippen molar-refractivity contribution in [2.45, 2.75) is 20.0 Å². The molecular formula is C21H20N2O3. The van der Waals surface area contributed by atoms with Gasteiger partial charge in [0.2, 0.25) is 0 Å². The number of amides is 1. The van der Waals surface area contributed by atoms with Gasteiger partial charge in [-0.15, -0.1) is 0 Å². The first-order chi connectivity index (χ1) is 12.5. The summed E-state index contributed by atoms with van der Waals surface area (Å²) in [7, 11) is 0. The highest BCUT2D eigenvalue weighted by atomic mass is 16.5. The molecule has 132 valence electrons. The molecule has 0 atom stereocenters. The highest BCUT2D eigenvalue weighted by Gasteiger charge is 2.15. The number of carbonyl (C=O) groups is 2. The first-order valence-corrected chi connectivity index (χ1v) is 8.47. The second kappa shape index (κ2) is 7.78. The van der Waals surface area contributed by atoms with Gasteiger partial charge in [0.1, 0.15) is 6.54 Å². The second-order valence-corrected chi connectivity index (χ2v) is 6.16. The lowest BCUT2D eigenvalue weighted by Crippen LogP contribution is -2.31. The van der Waals surface area contributed by atoms with Crippen molar-refractivity contribution < 1.29 is 14.3 Å². The molecule has 1 N–H and O–H groups in total. The van der Waals surface area contributed by atoms with Crippen LogP contribution in [0, 0.1) is 0 Å². The van der Waals surface area contributed by atoms with Crippen molar-refractivity contribution in [2.24, 2.45) is 0 Å². The standard InChI is InChI=1S/C21H20N2O3/c1-14(2)26-20(24)13-22-21(25)17-12-19(15-8-4-3-5-9-15)23-18-11-7-6-10-16(17)18/h3-12,14H,13H2,1-2H3,(H,22,25). The normalized spacial score (nSPS) is 10.7. The molecule has 1 amide bonds. The maximum Gasteiger partial charge on any atom is 0.325 e. The SMILES string of the molecule is CC(C)OC(=O)CNC(=O)c1cc(-c2ccccc2)nc2ccccc12. The van der Waals surface area contributed by atoms with Crippen LogP contribution in [0.15, 0.2) is 60.7 Å². The summed E-state index contributed by atoms with van der Waals surface area (Å²) < 4.78 is 5.05. The van der Waals surface area contributed by atoms with Crippen LogP contribution < -0.4 is 5.32 Å². The van der Waals surface area contributed by atoms with E-state index >= 15 is 0 Å². The van der Waals surface area contributed by atoms with E-state index in [9.17, 15) is 9.59 Å². The number of fused-ring (bicyclic) bond motifs is 1. The lowest BCUT2D eigenvalue weighted by atomic mass is 10.0. The highest BCUT2D eigenvalue weighted by molar-refractivity contribution is 6.07. The van der Waals surface area contributed by atoms with Crippen molar-refractivity contribution in [2.75, 3.05) is 6.54 Å². The predicted molar refractivity (Wildman–Crippen MR) is 101 cm³/mol. The van der Waals surface area contributed by atoms with Crippen molar-refractivity contribution in [1.29, 1.82) is 0 Å². The summed E-state index contributed by atoms with van der Waals surface area (Å²) >= 11 is 0. The smallest absolute Gasteiger partial charge is 0.325 e. The van der Waals surface area contributed by atoms with E-state index in [1.807, 2.05) is 54.6 Å². The zero-order valence-electron chi connectivity index (χ0n) is 14.7. The minimum atomic E-state index is -0.463. The van der Waals surface area contributed by atoms with Crippen molar-refractivity contribution >= 4 is 22.8 Å². The van der Waals surface area contributed by atoms with Gasteiger partial charge in [0, 0.05) is 10.9 Å². The fourth-order valence-electron chi connectivity index (χ4n) is 2.67. The molecule has 0 unspecified atom stereocenters. The maximum atomic E-state index is 12.7. The molecule has 1 aromatic heterocycles. The summed E-state index contributed by atoms with van der Waals surface area (Å²) in [5.41, 5.74) is 2.83. The number of pyridine rings is 1. The zero-order valence-corrected chi connectivity index (χ0v) is 14.7. The van der Waals surface area contributed by atoms with Gasteiger partial charge >= 0.3 is 5.97 Å². The van der Waals surface area contributed by atoms with Gasteiger partial charge in [0.15, 0.2) is 0 Å². The lowest BCUT2D eigenvalue weighted by Gasteiger charge is -2.11. The van der Waals surface area contributed by atoms with Crippen LogP contribution in [-0.4, -0.2) is 29.5 Å². The average Bonchev–Trinajstić information content (AvgIpc) is 2.65. The van der Waals surface area contributed by atoms with Crippen LogP contribution >= 0.6 is 0 Å². The topological polar surface area (TPSA) is 68.3 Å². The van der Waals surface area contributed by atoms with Crippen LogP contribution in [0.3, 0.4) is 0 Å². The summed E-state index contributed by atoms with van der Waals surface area (Å²) in [4.78, 5) is 29.0. The Kier molecular flexibility index (Phi) is 5.27. The fourth-order valence-corrected chi connectivity index (χ4v) is 2.67. The Morgan fingerprint density at radius 3 is 2.46 bits per heavy atom. The van der Waals surface area contributed by atoms with Crippen LogP contribution in [-0.2, 0) is 9.53 Å². The van der Waals surface area contributed by atoms with Gasteiger partial charge in [-0.1, -0.05) is 48.5 Å². The monoisotopic (exact) mass is 348 g/mol. The van der Waals surface area contributed by atoms with Crippen LogP contribution in [0.2, 0.25) is 0 Å². The molecule has 5 nitrogen and oxygen atoms in total. The molecule has 3 aromatic rings. The van der Waals surface area contributed by atoms with E-state index in [-0.39, 0.29) is 18.6 Å². The molecule has 1 heterocycles. The van der Waals surface area contributed by atoms with E-state index in [1.54, 1.807) is 19.9 Å². The van der Waals surface area contributed by atoms with Crippen molar-refractivity contribution in [3.8, 4) is 11.3 Å². The van der Waals surface area contributed by atoms with Crippen LogP contribution in [0.5, 0.6) is 0 Å². The van der Waals surface area contributed by atoms with Gasteiger partial charge < -0.3 is 10.1 Å². The number of aromatic nitrogens is 1. The third-order valence-electron chi connectivity index (χ3n) is 3.79. The Morgan fingerprint density at radius 1 is 1.04 bits per heavy atom. The van der Waals surface area contributed by atoms with Gasteiger partial charge in [0.25, 0.3) is 5.91 Å². The Morgan fingerprint density at radius 2 is 1.73 bits per heavy atom. The van der Waals surface area contributed by atoms with Gasteiger partial charge in [-0.3, -0.25) is 9.59 Å². The summed E-state index contributed by atoms with van der Waals surface area (Å²) in [5, 5.41) is 3.37. The van der Waals surface area contributed by atoms with Crippen LogP contribution in [0.25, 0.3) is 22.2 Å². The second-order valence-electron chi connectivity index (χ2n) is 6.16. The third-order valence-corrected chi connectivity index (χ3v) is 3.79. The number of hydrogen-bond acceptors (Lipinski definition) is 4. The molecule has 0 aliphatic carbocycles. The van der Waals surface area contributed by atoms with E-state index in [0.717, 1.165) is 16.5 Å². The number of benzene rings is 2. The lowest BCUT2D eigenvalue weighted by molar-refractivity contribution is -0.146. The largest absolute Gasteiger partial charge is 0.462 e. The number of carbonyl (C=O) groups excluding carboxylic acids is 2. The van der Waals surface area contributed by atoms with E-state index in [1.165, 1.54) is 0 Å². The van der Waals surface area contributed by atoms with Crippen LogP contribution in [0.1, 0.15) is 24.2 Å². The molecule has 0 aliphatic rings. The highest BCUT2D eigenvalue weighted by Crippen LogP contribution is 2.24. The first-order valence-electron chi connectivity index (χ1n) is 8.47. The first kappa shape index (κ1) is 17.6. The molecule has 26 heavy (non-hydrogen) atoms. The van der Waals surface area contributed by atoms with E-state index in [2.05, 4.69) is 10.3 Å². The molecule has 0 aliphatic heterocycles. The molecule has 2 aromatic carbocycles. The number of rotatable bonds is 5. The van der Waals surface area contributed by atoms with Crippen molar-refractivity contribution in [3.05, 3.63) is 66.2 Å². The minimum Gasteiger partial charge on any atom is -0.462 e. The van der Waals surface area contributed by atoms with Crippen LogP contribution in [0.4, 0.5) is 0 Å². The Bertz CT molecular complexity index is 936. The van der Waals surface area contributed by atoms with E-state index in [0.29, 0.717) is 11.3 Å². The van der Waals surface area contributed by atoms with Gasteiger partial charge in [0.05, 0.1) is 22.9 Å². The van der Waals surface area contributed by atoms with Gasteiger partial charge in [-0.05, 0) is 26.0 Å². The molecule has 0 fully saturated rings. The molecule has 5 heteroatoms. The molecule has 0 saturated heterocycles. The molecular weight excluding hydrogens is 328 g/mol. The minimum absolute atomic E-state index is 0.172. The Hall–Kier alpha value is -3.21. The number of ether oxygens (including phenoxy) is 1. The summed E-state index contributed by atoms with van der Waals surface area (Å²) in [6, 6.07) is 18.9. The van der Waals surface area contributed by atoms with Crippen molar-refractivity contribution in [1.82, 2.24) is 10.3 Å². The third kappa shape index (κ3) is 4.06. The van der Waals surface area contributed by atoms with E-state index in [4.69, 9.17) is 4.74 Å². The van der Waals surface area contributed by atoms with Gasteiger partial charge in [-0.2, -0.15) is 0 Å². The molecule has 0 radical (unpaired) electrons. The summed E-state index contributed by atoms with van der Waals surface area (Å²) in [6.07, 6.45) is -0.217. The van der Waals surface area contributed by atoms with Gasteiger partial charge in [-0.25, -0.2) is 4.98 Å². The molecule has 0 saturated carbocycles. The molecule has 0 spiro atoms. The number of esters is 1. The quantitative estimate of drug-likeness (QED) is 0.716. The fraction of sp³-hybridized carbons (Fsp3) is 0.190. The number of para-hydroxylation sites is 1. The summed E-state index contributed by atoms with van der Waals surface area (Å²) in [5.74, 6) is -0.795.